The Morgan fingerprint density at radius 3 is 2.74 bits per heavy atom. The lowest BCUT2D eigenvalue weighted by Gasteiger charge is -2.33. The number of halogens is 1. The minimum Gasteiger partial charge on any atom is -0.338 e. The number of fused-ring (bicyclic) bond motifs is 3. The van der Waals surface area contributed by atoms with Crippen molar-refractivity contribution in [1.82, 2.24) is 24.5 Å². The van der Waals surface area contributed by atoms with Gasteiger partial charge in [-0.1, -0.05) is 11.6 Å². The van der Waals surface area contributed by atoms with Gasteiger partial charge >= 0.3 is 0 Å². The van der Waals surface area contributed by atoms with E-state index in [-0.39, 0.29) is 0 Å². The van der Waals surface area contributed by atoms with Gasteiger partial charge < -0.3 is 9.80 Å². The number of hydrogen-bond acceptors (Lipinski definition) is 6. The molecule has 0 bridgehead atoms. The Morgan fingerprint density at radius 1 is 1.11 bits per heavy atom. The molecule has 0 N–H and O–H groups in total. The second-order valence-electron chi connectivity index (χ2n) is 6.94. The molecule has 0 amide bonds. The molecule has 4 aromatic rings. The zero-order chi connectivity index (χ0) is 18.4. The fourth-order valence-electron chi connectivity index (χ4n) is 3.47. The number of aromatic nitrogens is 4. The van der Waals surface area contributed by atoms with Crippen LogP contribution < -0.4 is 4.90 Å². The van der Waals surface area contributed by atoms with Crippen LogP contribution in [0.5, 0.6) is 0 Å². The molecule has 5 rings (SSSR count). The predicted octanol–water partition coefficient (Wildman–Crippen LogP) is 3.34. The Kier molecular flexibility index (Phi) is 4.22. The molecule has 138 valence electrons. The van der Waals surface area contributed by atoms with Crippen LogP contribution in [0, 0.1) is 0 Å². The summed E-state index contributed by atoms with van der Waals surface area (Å²) in [6, 6.07) is 7.88. The number of piperazine rings is 1. The van der Waals surface area contributed by atoms with Gasteiger partial charge in [0.15, 0.2) is 11.5 Å². The molecule has 1 saturated heterocycles. The maximum Gasteiger partial charge on any atom is 0.229 e. The van der Waals surface area contributed by atoms with Crippen molar-refractivity contribution in [3.63, 3.8) is 0 Å². The average Bonchev–Trinajstić information content (AvgIpc) is 3.32. The Labute approximate surface area is 166 Å². The number of nitrogens with zero attached hydrogens (tertiary/aromatic N) is 6. The molecule has 6 nitrogen and oxygen atoms in total. The van der Waals surface area contributed by atoms with E-state index in [2.05, 4.69) is 33.7 Å². The highest BCUT2D eigenvalue weighted by Crippen LogP contribution is 2.26. The second-order valence-corrected chi connectivity index (χ2v) is 8.15. The van der Waals surface area contributed by atoms with Crippen LogP contribution in [0.3, 0.4) is 0 Å². The molecule has 8 heteroatoms. The molecule has 1 fully saturated rings. The summed E-state index contributed by atoms with van der Waals surface area (Å²) < 4.78 is 1.89. The van der Waals surface area contributed by atoms with Crippen LogP contribution in [-0.4, -0.2) is 57.7 Å². The van der Waals surface area contributed by atoms with Gasteiger partial charge in [-0.2, -0.15) is 15.9 Å². The maximum atomic E-state index is 6.25. The van der Waals surface area contributed by atoms with E-state index in [1.807, 2.05) is 22.7 Å². The lowest BCUT2D eigenvalue weighted by atomic mass is 10.2. The normalized spacial score (nSPS) is 15.9. The average molecular weight is 399 g/mol. The highest BCUT2D eigenvalue weighted by molar-refractivity contribution is 7.07. The van der Waals surface area contributed by atoms with Gasteiger partial charge in [0.2, 0.25) is 5.95 Å². The first kappa shape index (κ1) is 16.9. The van der Waals surface area contributed by atoms with Crippen LogP contribution in [0.25, 0.3) is 16.6 Å². The van der Waals surface area contributed by atoms with Gasteiger partial charge in [0, 0.05) is 43.0 Å². The van der Waals surface area contributed by atoms with Gasteiger partial charge in [0.1, 0.15) is 0 Å². The Morgan fingerprint density at radius 2 is 1.96 bits per heavy atom. The zero-order valence-electron chi connectivity index (χ0n) is 15.0. The van der Waals surface area contributed by atoms with Gasteiger partial charge in [-0.15, -0.1) is 5.10 Å². The molecule has 0 unspecified atom stereocenters. The van der Waals surface area contributed by atoms with Crippen molar-refractivity contribution in [1.29, 1.82) is 0 Å². The first-order valence-electron chi connectivity index (χ1n) is 8.97. The number of rotatable bonds is 3. The van der Waals surface area contributed by atoms with E-state index in [0.29, 0.717) is 5.02 Å². The SMILES string of the molecule is CN1CCN(c2nc3ccc(Cl)cc3c3nc(Cc4ccsc4)nn23)CC1. The smallest absolute Gasteiger partial charge is 0.229 e. The molecule has 0 aliphatic carbocycles. The summed E-state index contributed by atoms with van der Waals surface area (Å²) in [6.07, 6.45) is 0.718. The van der Waals surface area contributed by atoms with Crippen molar-refractivity contribution < 1.29 is 0 Å². The van der Waals surface area contributed by atoms with Crippen molar-refractivity contribution in [2.24, 2.45) is 0 Å². The summed E-state index contributed by atoms with van der Waals surface area (Å²) in [5.41, 5.74) is 2.95. The fourth-order valence-corrected chi connectivity index (χ4v) is 4.31. The molecular weight excluding hydrogens is 380 g/mol. The lowest BCUT2D eigenvalue weighted by Crippen LogP contribution is -2.45. The molecule has 0 atom stereocenters. The molecule has 4 heterocycles. The number of likely N-dealkylation sites (N-methyl/N-ethyl adjacent to an activating group) is 1. The maximum absolute atomic E-state index is 6.25. The van der Waals surface area contributed by atoms with E-state index in [4.69, 9.17) is 26.7 Å². The Bertz CT molecular complexity index is 1100. The van der Waals surface area contributed by atoms with Crippen molar-refractivity contribution in [3.05, 3.63) is 51.4 Å². The Hall–Kier alpha value is -2.22. The van der Waals surface area contributed by atoms with E-state index in [1.54, 1.807) is 11.3 Å². The van der Waals surface area contributed by atoms with Gasteiger partial charge in [0.25, 0.3) is 0 Å². The lowest BCUT2D eigenvalue weighted by molar-refractivity contribution is 0.310. The quantitative estimate of drug-likeness (QED) is 0.529. The molecule has 1 aromatic carbocycles. The van der Waals surface area contributed by atoms with Gasteiger partial charge in [0.05, 0.1) is 5.52 Å². The van der Waals surface area contributed by atoms with Crippen molar-refractivity contribution in [2.75, 3.05) is 38.1 Å². The van der Waals surface area contributed by atoms with E-state index >= 15 is 0 Å². The summed E-state index contributed by atoms with van der Waals surface area (Å²) in [5.74, 6) is 1.66. The van der Waals surface area contributed by atoms with Gasteiger partial charge in [-0.05, 0) is 47.6 Å². The minimum absolute atomic E-state index is 0.681. The topological polar surface area (TPSA) is 49.6 Å². The van der Waals surface area contributed by atoms with Crippen molar-refractivity contribution in [2.45, 2.75) is 6.42 Å². The first-order chi connectivity index (χ1) is 13.2. The molecule has 1 aliphatic rings. The summed E-state index contributed by atoms with van der Waals surface area (Å²) >= 11 is 7.94. The molecular formula is C19H19ClN6S. The van der Waals surface area contributed by atoms with Crippen LogP contribution in [0.1, 0.15) is 11.4 Å². The highest BCUT2D eigenvalue weighted by Gasteiger charge is 2.21. The van der Waals surface area contributed by atoms with Gasteiger partial charge in [-0.3, -0.25) is 0 Å². The minimum atomic E-state index is 0.681. The third kappa shape index (κ3) is 3.16. The summed E-state index contributed by atoms with van der Waals surface area (Å²) in [6.45, 7) is 3.88. The Balaban J connectivity index is 1.67. The van der Waals surface area contributed by atoms with E-state index < -0.39 is 0 Å². The summed E-state index contributed by atoms with van der Waals surface area (Å²) in [5, 5.41) is 10.6. The van der Waals surface area contributed by atoms with Crippen LogP contribution in [-0.2, 0) is 6.42 Å². The van der Waals surface area contributed by atoms with Crippen molar-refractivity contribution in [3.8, 4) is 0 Å². The third-order valence-electron chi connectivity index (χ3n) is 4.99. The van der Waals surface area contributed by atoms with E-state index in [9.17, 15) is 0 Å². The molecule has 0 spiro atoms. The van der Waals surface area contributed by atoms with Crippen LogP contribution in [0.15, 0.2) is 35.0 Å². The van der Waals surface area contributed by atoms with Crippen molar-refractivity contribution >= 4 is 45.4 Å². The third-order valence-corrected chi connectivity index (χ3v) is 5.96. The predicted molar refractivity (Wildman–Crippen MR) is 110 cm³/mol. The van der Waals surface area contributed by atoms with E-state index in [1.165, 1.54) is 5.56 Å². The molecule has 0 radical (unpaired) electrons. The molecule has 27 heavy (non-hydrogen) atoms. The number of hydrogen-bond donors (Lipinski definition) is 0. The standard InChI is InChI=1S/C19H19ClN6S/c1-24-5-7-25(8-6-24)19-21-16-3-2-14(20)11-15(16)18-22-17(23-26(18)19)10-13-4-9-27-12-13/h2-4,9,11-12H,5-8,10H2,1H3. The summed E-state index contributed by atoms with van der Waals surface area (Å²) in [7, 11) is 2.15. The fraction of sp³-hybridized carbons (Fsp3) is 0.316. The van der Waals surface area contributed by atoms with Crippen LogP contribution in [0.4, 0.5) is 5.95 Å². The molecule has 3 aromatic heterocycles. The molecule has 1 aliphatic heterocycles. The molecule has 0 saturated carbocycles. The second kappa shape index (κ2) is 6.74. The first-order valence-corrected chi connectivity index (χ1v) is 10.3. The van der Waals surface area contributed by atoms with Gasteiger partial charge in [-0.25, -0.2) is 9.97 Å². The van der Waals surface area contributed by atoms with E-state index in [0.717, 1.165) is 60.9 Å². The number of anilines is 1. The highest BCUT2D eigenvalue weighted by atomic mass is 35.5. The summed E-state index contributed by atoms with van der Waals surface area (Å²) in [4.78, 5) is 14.4. The van der Waals surface area contributed by atoms with Crippen LogP contribution in [0.2, 0.25) is 5.02 Å². The zero-order valence-corrected chi connectivity index (χ0v) is 16.5. The largest absolute Gasteiger partial charge is 0.338 e. The monoisotopic (exact) mass is 398 g/mol. The number of thiophene rings is 1. The van der Waals surface area contributed by atoms with Crippen LogP contribution >= 0.6 is 22.9 Å². The number of benzene rings is 1.